The van der Waals surface area contributed by atoms with Crippen LogP contribution in [-0.4, -0.2) is 22.7 Å². The van der Waals surface area contributed by atoms with Crippen molar-refractivity contribution < 1.29 is 14.3 Å². The van der Waals surface area contributed by atoms with Gasteiger partial charge in [0, 0.05) is 18.3 Å². The first-order chi connectivity index (χ1) is 14.0. The summed E-state index contributed by atoms with van der Waals surface area (Å²) in [6.45, 7) is 2.90. The number of hydrogen-bond donors (Lipinski definition) is 0. The van der Waals surface area contributed by atoms with Crippen LogP contribution >= 0.6 is 23.2 Å². The maximum atomic E-state index is 12.3. The number of nitrogens with zero attached hydrogens (tertiary/aromatic N) is 2. The van der Waals surface area contributed by atoms with Crippen LogP contribution in [0.1, 0.15) is 28.4 Å². The van der Waals surface area contributed by atoms with Crippen LogP contribution in [-0.2, 0) is 13.2 Å². The van der Waals surface area contributed by atoms with E-state index in [-0.39, 0.29) is 12.4 Å². The van der Waals surface area contributed by atoms with Crippen molar-refractivity contribution in [2.45, 2.75) is 20.1 Å². The number of carbonyl (C=O) groups excluding carboxylic acids is 1. The van der Waals surface area contributed by atoms with Crippen LogP contribution in [0.2, 0.25) is 10.0 Å². The van der Waals surface area contributed by atoms with E-state index in [9.17, 15) is 4.79 Å². The first-order valence-corrected chi connectivity index (χ1v) is 9.76. The van der Waals surface area contributed by atoms with Gasteiger partial charge in [-0.3, -0.25) is 9.48 Å². The Hall–Kier alpha value is -2.76. The van der Waals surface area contributed by atoms with Crippen molar-refractivity contribution >= 4 is 35.1 Å². The van der Waals surface area contributed by atoms with Crippen LogP contribution in [0.15, 0.2) is 54.9 Å². The molecule has 0 bridgehead atoms. The highest BCUT2D eigenvalue weighted by molar-refractivity contribution is 6.37. The monoisotopic (exact) mass is 430 g/mol. The maximum Gasteiger partial charge on any atom is 0.189 e. The van der Waals surface area contributed by atoms with Crippen molar-refractivity contribution in [3.8, 4) is 11.5 Å². The first-order valence-electron chi connectivity index (χ1n) is 9.00. The summed E-state index contributed by atoms with van der Waals surface area (Å²) in [6, 6.07) is 10.8. The van der Waals surface area contributed by atoms with Gasteiger partial charge in [0.15, 0.2) is 11.5 Å². The summed E-state index contributed by atoms with van der Waals surface area (Å²) in [6.07, 6.45) is 6.57. The van der Waals surface area contributed by atoms with Crippen LogP contribution in [0.3, 0.4) is 0 Å². The zero-order valence-corrected chi connectivity index (χ0v) is 17.6. The van der Waals surface area contributed by atoms with Crippen LogP contribution in [0.4, 0.5) is 0 Å². The topological polar surface area (TPSA) is 53.4 Å². The number of aryl methyl sites for hydroxylation is 1. The molecule has 150 valence electrons. The molecule has 2 aromatic carbocycles. The van der Waals surface area contributed by atoms with Gasteiger partial charge in [0.05, 0.1) is 28.9 Å². The SMILES string of the molecule is CCn1cc(C(=O)/C=C/c2ccc(OC)c(COc3c(Cl)cccc3Cl)c2)cn1. The van der Waals surface area contributed by atoms with Gasteiger partial charge in [-0.2, -0.15) is 5.10 Å². The highest BCUT2D eigenvalue weighted by atomic mass is 35.5. The van der Waals surface area contributed by atoms with E-state index in [4.69, 9.17) is 32.7 Å². The van der Waals surface area contributed by atoms with Gasteiger partial charge in [-0.1, -0.05) is 41.4 Å². The van der Waals surface area contributed by atoms with E-state index in [1.165, 1.54) is 6.08 Å². The molecule has 0 radical (unpaired) electrons. The smallest absolute Gasteiger partial charge is 0.189 e. The molecule has 29 heavy (non-hydrogen) atoms. The molecule has 0 amide bonds. The first kappa shape index (κ1) is 21.0. The van der Waals surface area contributed by atoms with Crippen LogP contribution in [0.5, 0.6) is 11.5 Å². The molecule has 5 nitrogen and oxygen atoms in total. The molecular weight excluding hydrogens is 411 g/mol. The fourth-order valence-electron chi connectivity index (χ4n) is 2.72. The van der Waals surface area contributed by atoms with Crippen LogP contribution in [0, 0.1) is 0 Å². The molecule has 0 saturated heterocycles. The summed E-state index contributed by atoms with van der Waals surface area (Å²) in [5, 5.41) is 4.99. The molecule has 0 aliphatic rings. The van der Waals surface area contributed by atoms with Crippen molar-refractivity contribution in [2.24, 2.45) is 0 Å². The number of halogens is 2. The van der Waals surface area contributed by atoms with Crippen molar-refractivity contribution in [1.29, 1.82) is 0 Å². The second kappa shape index (κ2) is 9.63. The van der Waals surface area contributed by atoms with Gasteiger partial charge in [-0.25, -0.2) is 0 Å². The molecule has 0 aliphatic heterocycles. The van der Waals surface area contributed by atoms with E-state index in [1.54, 1.807) is 48.5 Å². The van der Waals surface area contributed by atoms with E-state index in [1.807, 2.05) is 25.1 Å². The molecule has 3 rings (SSSR count). The fourth-order valence-corrected chi connectivity index (χ4v) is 3.22. The average molecular weight is 431 g/mol. The molecule has 3 aromatic rings. The summed E-state index contributed by atoms with van der Waals surface area (Å²) >= 11 is 12.3. The highest BCUT2D eigenvalue weighted by Crippen LogP contribution is 2.33. The third kappa shape index (κ3) is 5.19. The maximum absolute atomic E-state index is 12.3. The summed E-state index contributed by atoms with van der Waals surface area (Å²) in [7, 11) is 1.59. The molecule has 0 N–H and O–H groups in total. The second-order valence-electron chi connectivity index (χ2n) is 6.19. The van der Waals surface area contributed by atoms with Crippen molar-refractivity contribution in [1.82, 2.24) is 9.78 Å². The Morgan fingerprint density at radius 3 is 2.62 bits per heavy atom. The predicted molar refractivity (Wildman–Crippen MR) is 115 cm³/mol. The van der Waals surface area contributed by atoms with Crippen molar-refractivity contribution in [2.75, 3.05) is 7.11 Å². The van der Waals surface area contributed by atoms with Crippen LogP contribution < -0.4 is 9.47 Å². The van der Waals surface area contributed by atoms with Crippen molar-refractivity contribution in [3.63, 3.8) is 0 Å². The van der Waals surface area contributed by atoms with E-state index in [2.05, 4.69) is 5.10 Å². The molecule has 0 spiro atoms. The number of methoxy groups -OCH3 is 1. The van der Waals surface area contributed by atoms with E-state index < -0.39 is 0 Å². The van der Waals surface area contributed by atoms with Crippen molar-refractivity contribution in [3.05, 3.63) is 81.6 Å². The Morgan fingerprint density at radius 1 is 1.21 bits per heavy atom. The lowest BCUT2D eigenvalue weighted by atomic mass is 10.1. The van der Waals surface area contributed by atoms with Gasteiger partial charge < -0.3 is 9.47 Å². The number of rotatable bonds is 8. The molecule has 0 saturated carbocycles. The summed E-state index contributed by atoms with van der Waals surface area (Å²) in [5.41, 5.74) is 2.19. The molecule has 0 fully saturated rings. The molecular formula is C22H20Cl2N2O3. The van der Waals surface area contributed by atoms with Gasteiger partial charge in [-0.05, 0) is 42.8 Å². The normalized spacial score (nSPS) is 11.0. The number of ketones is 1. The minimum atomic E-state index is -0.110. The van der Waals surface area contributed by atoms with Gasteiger partial charge >= 0.3 is 0 Å². The molecule has 0 unspecified atom stereocenters. The number of para-hydroxylation sites is 1. The molecule has 0 aliphatic carbocycles. The summed E-state index contributed by atoms with van der Waals surface area (Å²) < 4.78 is 12.9. The summed E-state index contributed by atoms with van der Waals surface area (Å²) in [4.78, 5) is 12.3. The predicted octanol–water partition coefficient (Wildman–Crippen LogP) is 5.69. The quantitative estimate of drug-likeness (QED) is 0.340. The number of hydrogen-bond acceptors (Lipinski definition) is 4. The molecule has 7 heteroatoms. The minimum absolute atomic E-state index is 0.110. The Kier molecular flexibility index (Phi) is 6.96. The zero-order valence-electron chi connectivity index (χ0n) is 16.1. The number of ether oxygens (including phenoxy) is 2. The lowest BCUT2D eigenvalue weighted by Gasteiger charge is -2.13. The summed E-state index contributed by atoms with van der Waals surface area (Å²) in [5.74, 6) is 0.976. The molecule has 1 heterocycles. The third-order valence-corrected chi connectivity index (χ3v) is 4.86. The van der Waals surface area contributed by atoms with E-state index in [0.29, 0.717) is 33.7 Å². The number of benzene rings is 2. The Morgan fingerprint density at radius 2 is 1.97 bits per heavy atom. The van der Waals surface area contributed by atoms with E-state index in [0.717, 1.165) is 11.1 Å². The average Bonchev–Trinajstić information content (AvgIpc) is 3.21. The minimum Gasteiger partial charge on any atom is -0.496 e. The Balaban J connectivity index is 1.76. The highest BCUT2D eigenvalue weighted by Gasteiger charge is 2.10. The largest absolute Gasteiger partial charge is 0.496 e. The van der Waals surface area contributed by atoms with Gasteiger partial charge in [-0.15, -0.1) is 0 Å². The Bertz CT molecular complexity index is 1020. The number of carbonyl (C=O) groups is 1. The van der Waals surface area contributed by atoms with Gasteiger partial charge in [0.1, 0.15) is 12.4 Å². The van der Waals surface area contributed by atoms with E-state index >= 15 is 0 Å². The van der Waals surface area contributed by atoms with Gasteiger partial charge in [0.2, 0.25) is 0 Å². The second-order valence-corrected chi connectivity index (χ2v) is 7.01. The lowest BCUT2D eigenvalue weighted by molar-refractivity contribution is 0.104. The third-order valence-electron chi connectivity index (χ3n) is 4.26. The lowest BCUT2D eigenvalue weighted by Crippen LogP contribution is -2.00. The zero-order chi connectivity index (χ0) is 20.8. The molecule has 0 atom stereocenters. The van der Waals surface area contributed by atoms with Crippen LogP contribution in [0.25, 0.3) is 6.08 Å². The fraction of sp³-hybridized carbons (Fsp3) is 0.182. The van der Waals surface area contributed by atoms with Gasteiger partial charge in [0.25, 0.3) is 0 Å². The Labute approximate surface area is 179 Å². The molecule has 1 aromatic heterocycles. The number of aromatic nitrogens is 2. The standard InChI is InChI=1S/C22H20Cl2N2O3/c1-3-26-13-17(12-25-26)20(27)9-7-15-8-10-21(28-2)16(11-15)14-29-22-18(23)5-4-6-19(22)24/h4-13H,3,14H2,1-2H3/b9-7+. The number of allylic oxidation sites excluding steroid dienone is 1.